The topological polar surface area (TPSA) is 34.1 Å². The molecule has 0 spiro atoms. The van der Waals surface area contributed by atoms with Gasteiger partial charge in [-0.05, 0) is 45.8 Å². The van der Waals surface area contributed by atoms with Crippen LogP contribution < -0.4 is 10.1 Å². The third-order valence-electron chi connectivity index (χ3n) is 2.45. The highest BCUT2D eigenvalue weighted by molar-refractivity contribution is 9.10. The van der Waals surface area contributed by atoms with Gasteiger partial charge in [0.25, 0.3) is 0 Å². The number of pyridine rings is 1. The van der Waals surface area contributed by atoms with Crippen molar-refractivity contribution in [1.82, 2.24) is 4.98 Å². The molecular formula is C13H12BrClN2O. The molecule has 1 aromatic heterocycles. The highest BCUT2D eigenvalue weighted by atomic mass is 79.9. The third-order valence-corrected chi connectivity index (χ3v) is 3.27. The fourth-order valence-corrected chi connectivity index (χ4v) is 1.94. The van der Waals surface area contributed by atoms with Crippen molar-refractivity contribution in [2.75, 3.05) is 12.4 Å². The molecule has 0 fully saturated rings. The number of rotatable bonds is 4. The van der Waals surface area contributed by atoms with Gasteiger partial charge < -0.3 is 10.1 Å². The molecule has 0 aliphatic rings. The second-order valence-electron chi connectivity index (χ2n) is 3.67. The van der Waals surface area contributed by atoms with Crippen molar-refractivity contribution in [3.63, 3.8) is 0 Å². The number of benzene rings is 1. The van der Waals surface area contributed by atoms with E-state index in [1.807, 2.05) is 24.3 Å². The van der Waals surface area contributed by atoms with Crippen molar-refractivity contribution in [3.05, 3.63) is 51.6 Å². The Morgan fingerprint density at radius 2 is 2.17 bits per heavy atom. The van der Waals surface area contributed by atoms with Crippen LogP contribution in [0.15, 0.2) is 41.0 Å². The number of ether oxygens (including phenoxy) is 1. The van der Waals surface area contributed by atoms with Crippen molar-refractivity contribution >= 4 is 33.3 Å². The summed E-state index contributed by atoms with van der Waals surface area (Å²) >= 11 is 9.50. The first-order valence-electron chi connectivity index (χ1n) is 5.37. The van der Waals surface area contributed by atoms with E-state index in [1.54, 1.807) is 19.4 Å². The molecular weight excluding hydrogens is 316 g/mol. The number of hydrogen-bond acceptors (Lipinski definition) is 3. The Morgan fingerprint density at radius 3 is 2.78 bits per heavy atom. The van der Waals surface area contributed by atoms with Gasteiger partial charge in [0.15, 0.2) is 0 Å². The molecule has 0 bridgehead atoms. The van der Waals surface area contributed by atoms with Crippen LogP contribution >= 0.6 is 27.5 Å². The predicted octanol–water partition coefficient (Wildman–Crippen LogP) is 4.12. The lowest BCUT2D eigenvalue weighted by atomic mass is 10.2. The third kappa shape index (κ3) is 3.37. The zero-order chi connectivity index (χ0) is 13.0. The lowest BCUT2D eigenvalue weighted by Crippen LogP contribution is -2.01. The van der Waals surface area contributed by atoms with Crippen molar-refractivity contribution in [2.45, 2.75) is 6.54 Å². The van der Waals surface area contributed by atoms with Gasteiger partial charge in [0, 0.05) is 22.2 Å². The van der Waals surface area contributed by atoms with Gasteiger partial charge >= 0.3 is 0 Å². The van der Waals surface area contributed by atoms with E-state index in [2.05, 4.69) is 26.2 Å². The minimum atomic E-state index is 0.622. The number of aromatic nitrogens is 1. The average Bonchev–Trinajstić information content (AvgIpc) is 2.39. The van der Waals surface area contributed by atoms with Gasteiger partial charge in [0.05, 0.1) is 7.11 Å². The molecule has 1 aromatic carbocycles. The molecule has 0 aliphatic heterocycles. The number of nitrogens with one attached hydrogen (secondary N) is 1. The molecule has 0 aliphatic carbocycles. The molecule has 0 saturated carbocycles. The zero-order valence-electron chi connectivity index (χ0n) is 9.78. The van der Waals surface area contributed by atoms with Crippen LogP contribution in [0.3, 0.4) is 0 Å². The summed E-state index contributed by atoms with van der Waals surface area (Å²) in [7, 11) is 1.62. The average molecular weight is 328 g/mol. The lowest BCUT2D eigenvalue weighted by Gasteiger charge is -2.08. The monoisotopic (exact) mass is 326 g/mol. The minimum Gasteiger partial charge on any atom is -0.497 e. The summed E-state index contributed by atoms with van der Waals surface area (Å²) in [4.78, 5) is 4.23. The summed E-state index contributed by atoms with van der Waals surface area (Å²) in [5, 5.41) is 3.89. The second kappa shape index (κ2) is 6.07. The molecule has 1 heterocycles. The highest BCUT2D eigenvalue weighted by Gasteiger charge is 2.02. The highest BCUT2D eigenvalue weighted by Crippen LogP contribution is 2.23. The molecule has 0 amide bonds. The zero-order valence-corrected chi connectivity index (χ0v) is 12.1. The number of nitrogens with zero attached hydrogens (tertiary/aromatic N) is 1. The Balaban J connectivity index is 2.04. The van der Waals surface area contributed by atoms with Gasteiger partial charge in [-0.3, -0.25) is 0 Å². The maximum Gasteiger partial charge on any atom is 0.126 e. The number of methoxy groups -OCH3 is 1. The molecule has 2 aromatic rings. The largest absolute Gasteiger partial charge is 0.497 e. The molecule has 18 heavy (non-hydrogen) atoms. The van der Waals surface area contributed by atoms with Gasteiger partial charge in [0.2, 0.25) is 0 Å². The Hall–Kier alpha value is -1.26. The van der Waals surface area contributed by atoms with Crippen LogP contribution in [0.5, 0.6) is 5.75 Å². The van der Waals surface area contributed by atoms with Crippen LogP contribution in [0.1, 0.15) is 5.56 Å². The smallest absolute Gasteiger partial charge is 0.126 e. The first kappa shape index (κ1) is 13.2. The summed E-state index contributed by atoms with van der Waals surface area (Å²) < 4.78 is 6.06. The summed E-state index contributed by atoms with van der Waals surface area (Å²) in [5.74, 6) is 1.57. The van der Waals surface area contributed by atoms with Crippen LogP contribution in [-0.4, -0.2) is 12.1 Å². The summed E-state index contributed by atoms with van der Waals surface area (Å²) in [6.45, 7) is 0.622. The normalized spacial score (nSPS) is 10.2. The standard InChI is InChI=1S/C13H12BrClN2O/c1-18-11-4-2-9(12(15)6-11)7-16-13-5-3-10(14)8-17-13/h2-6,8H,7H2,1H3,(H,16,17). The van der Waals surface area contributed by atoms with E-state index in [9.17, 15) is 0 Å². The quantitative estimate of drug-likeness (QED) is 0.917. The molecule has 0 radical (unpaired) electrons. The van der Waals surface area contributed by atoms with Crippen LogP contribution in [0.4, 0.5) is 5.82 Å². The Labute approximate surface area is 119 Å². The van der Waals surface area contributed by atoms with Crippen molar-refractivity contribution in [3.8, 4) is 5.75 Å². The first-order chi connectivity index (χ1) is 8.69. The predicted molar refractivity (Wildman–Crippen MR) is 77.3 cm³/mol. The minimum absolute atomic E-state index is 0.622. The fourth-order valence-electron chi connectivity index (χ4n) is 1.46. The maximum absolute atomic E-state index is 6.15. The molecule has 0 saturated heterocycles. The lowest BCUT2D eigenvalue weighted by molar-refractivity contribution is 0.414. The van der Waals surface area contributed by atoms with Gasteiger partial charge in [0.1, 0.15) is 11.6 Å². The molecule has 0 atom stereocenters. The van der Waals surface area contributed by atoms with E-state index in [0.717, 1.165) is 21.6 Å². The van der Waals surface area contributed by atoms with E-state index >= 15 is 0 Å². The van der Waals surface area contributed by atoms with Gasteiger partial charge in [-0.15, -0.1) is 0 Å². The number of halogens is 2. The van der Waals surface area contributed by atoms with E-state index < -0.39 is 0 Å². The fraction of sp³-hybridized carbons (Fsp3) is 0.154. The molecule has 1 N–H and O–H groups in total. The Morgan fingerprint density at radius 1 is 1.33 bits per heavy atom. The number of hydrogen-bond donors (Lipinski definition) is 1. The summed E-state index contributed by atoms with van der Waals surface area (Å²) in [6.07, 6.45) is 1.75. The molecule has 3 nitrogen and oxygen atoms in total. The van der Waals surface area contributed by atoms with Gasteiger partial charge in [-0.1, -0.05) is 17.7 Å². The number of anilines is 1. The summed E-state index contributed by atoms with van der Waals surface area (Å²) in [5.41, 5.74) is 1.00. The molecule has 2 rings (SSSR count). The molecule has 0 unspecified atom stereocenters. The van der Waals surface area contributed by atoms with E-state index in [0.29, 0.717) is 11.6 Å². The van der Waals surface area contributed by atoms with Gasteiger partial charge in [-0.25, -0.2) is 4.98 Å². The van der Waals surface area contributed by atoms with Crippen LogP contribution in [-0.2, 0) is 6.54 Å². The van der Waals surface area contributed by atoms with E-state index in [-0.39, 0.29) is 0 Å². The van der Waals surface area contributed by atoms with Crippen LogP contribution in [0.25, 0.3) is 0 Å². The van der Waals surface area contributed by atoms with Crippen molar-refractivity contribution in [1.29, 1.82) is 0 Å². The van der Waals surface area contributed by atoms with E-state index in [4.69, 9.17) is 16.3 Å². The van der Waals surface area contributed by atoms with Crippen molar-refractivity contribution < 1.29 is 4.74 Å². The maximum atomic E-state index is 6.15. The Kier molecular flexibility index (Phi) is 4.44. The SMILES string of the molecule is COc1ccc(CNc2ccc(Br)cn2)c(Cl)c1. The van der Waals surface area contributed by atoms with E-state index in [1.165, 1.54) is 0 Å². The Bertz CT molecular complexity index is 531. The van der Waals surface area contributed by atoms with Crippen LogP contribution in [0, 0.1) is 0 Å². The second-order valence-corrected chi connectivity index (χ2v) is 5.00. The molecule has 5 heteroatoms. The first-order valence-corrected chi connectivity index (χ1v) is 6.54. The summed E-state index contributed by atoms with van der Waals surface area (Å²) in [6, 6.07) is 9.46. The molecule has 94 valence electrons. The van der Waals surface area contributed by atoms with Gasteiger partial charge in [-0.2, -0.15) is 0 Å². The van der Waals surface area contributed by atoms with Crippen molar-refractivity contribution in [2.24, 2.45) is 0 Å². The van der Waals surface area contributed by atoms with Crippen LogP contribution in [0.2, 0.25) is 5.02 Å².